The quantitative estimate of drug-likeness (QED) is 0.565. The van der Waals surface area contributed by atoms with Crippen molar-refractivity contribution in [3.05, 3.63) is 63.7 Å². The van der Waals surface area contributed by atoms with E-state index in [4.69, 9.17) is 9.84 Å². The Morgan fingerprint density at radius 3 is 2.28 bits per heavy atom. The van der Waals surface area contributed by atoms with Gasteiger partial charge >= 0.3 is 5.97 Å². The number of carbonyl (C=O) groups is 2. The fourth-order valence-corrected chi connectivity index (χ4v) is 4.36. The fraction of sp³-hybridized carbons (Fsp3) is 0.407. The van der Waals surface area contributed by atoms with Gasteiger partial charge in [0, 0.05) is 29.7 Å². The molecule has 2 aromatic carbocycles. The minimum absolute atomic E-state index is 0.0172. The van der Waals surface area contributed by atoms with Crippen LogP contribution in [0.5, 0.6) is 5.75 Å². The molecule has 1 amide bonds. The Hall–Kier alpha value is -3.08. The second-order valence-corrected chi connectivity index (χ2v) is 9.93. The molecule has 0 aliphatic carbocycles. The smallest absolute Gasteiger partial charge is 0.328 e. The molecule has 2 aromatic rings. The normalized spacial score (nSPS) is 15.8. The molecule has 5 heteroatoms. The van der Waals surface area contributed by atoms with Gasteiger partial charge < -0.3 is 15.2 Å². The lowest BCUT2D eigenvalue weighted by atomic mass is 9.85. The van der Waals surface area contributed by atoms with Gasteiger partial charge in [0.15, 0.2) is 0 Å². The SMILES string of the molecule is CC(=CC(=O)O)c1ccc(C2COc3c(C)c(C)c(NC(=O)CC(C)(C)C)c(C)c32)cc1. The minimum atomic E-state index is -0.952. The number of fused-ring (bicyclic) bond motifs is 1. The molecule has 0 saturated heterocycles. The van der Waals surface area contributed by atoms with Gasteiger partial charge in [0.1, 0.15) is 5.75 Å². The number of carbonyl (C=O) groups excluding carboxylic acids is 1. The van der Waals surface area contributed by atoms with Gasteiger partial charge in [-0.15, -0.1) is 0 Å². The van der Waals surface area contributed by atoms with Crippen LogP contribution in [-0.2, 0) is 9.59 Å². The number of amides is 1. The summed E-state index contributed by atoms with van der Waals surface area (Å²) in [4.78, 5) is 23.6. The first-order chi connectivity index (χ1) is 14.9. The number of anilines is 1. The van der Waals surface area contributed by atoms with E-state index in [0.717, 1.165) is 44.8 Å². The number of nitrogens with one attached hydrogen (secondary N) is 1. The van der Waals surface area contributed by atoms with E-state index in [2.05, 4.69) is 26.1 Å². The predicted molar refractivity (Wildman–Crippen MR) is 128 cm³/mol. The first kappa shape index (κ1) is 23.6. The van der Waals surface area contributed by atoms with E-state index in [1.54, 1.807) is 6.92 Å². The Morgan fingerprint density at radius 1 is 1.09 bits per heavy atom. The average molecular weight is 436 g/mol. The maximum atomic E-state index is 12.7. The highest BCUT2D eigenvalue weighted by Gasteiger charge is 2.32. The van der Waals surface area contributed by atoms with Crippen molar-refractivity contribution in [3.8, 4) is 5.75 Å². The minimum Gasteiger partial charge on any atom is -0.492 e. The van der Waals surface area contributed by atoms with Crippen molar-refractivity contribution in [2.24, 2.45) is 5.41 Å². The lowest BCUT2D eigenvalue weighted by Crippen LogP contribution is -2.21. The van der Waals surface area contributed by atoms with Gasteiger partial charge in [-0.2, -0.15) is 0 Å². The molecular weight excluding hydrogens is 402 g/mol. The lowest BCUT2D eigenvalue weighted by molar-refractivity contribution is -0.131. The highest BCUT2D eigenvalue weighted by Crippen LogP contribution is 2.47. The number of hydrogen-bond acceptors (Lipinski definition) is 3. The molecular formula is C27H33NO4. The number of rotatable bonds is 5. The van der Waals surface area contributed by atoms with Crippen LogP contribution >= 0.6 is 0 Å². The molecule has 170 valence electrons. The Balaban J connectivity index is 1.98. The van der Waals surface area contributed by atoms with Gasteiger partial charge in [0.05, 0.1) is 6.61 Å². The topological polar surface area (TPSA) is 75.6 Å². The van der Waals surface area contributed by atoms with Crippen LogP contribution in [0.3, 0.4) is 0 Å². The van der Waals surface area contributed by atoms with Crippen molar-refractivity contribution >= 4 is 23.1 Å². The molecule has 1 atom stereocenters. The summed E-state index contributed by atoms with van der Waals surface area (Å²) < 4.78 is 6.13. The average Bonchev–Trinajstić information content (AvgIpc) is 3.13. The maximum Gasteiger partial charge on any atom is 0.328 e. The molecule has 5 nitrogen and oxygen atoms in total. The highest BCUT2D eigenvalue weighted by atomic mass is 16.5. The molecule has 0 fully saturated rings. The van der Waals surface area contributed by atoms with Crippen LogP contribution in [0, 0.1) is 26.2 Å². The number of hydrogen-bond donors (Lipinski definition) is 2. The lowest BCUT2D eigenvalue weighted by Gasteiger charge is -2.22. The van der Waals surface area contributed by atoms with Crippen molar-refractivity contribution in [2.75, 3.05) is 11.9 Å². The van der Waals surface area contributed by atoms with Crippen molar-refractivity contribution in [3.63, 3.8) is 0 Å². The van der Waals surface area contributed by atoms with E-state index in [0.29, 0.717) is 18.6 Å². The van der Waals surface area contributed by atoms with Gasteiger partial charge in [-0.25, -0.2) is 4.79 Å². The molecule has 1 heterocycles. The molecule has 0 saturated carbocycles. The van der Waals surface area contributed by atoms with Crippen LogP contribution in [-0.4, -0.2) is 23.6 Å². The van der Waals surface area contributed by atoms with Crippen LogP contribution in [0.15, 0.2) is 30.3 Å². The third-order valence-corrected chi connectivity index (χ3v) is 6.11. The van der Waals surface area contributed by atoms with Gasteiger partial charge in [-0.3, -0.25) is 4.79 Å². The third-order valence-electron chi connectivity index (χ3n) is 6.11. The second-order valence-electron chi connectivity index (χ2n) is 9.93. The van der Waals surface area contributed by atoms with Crippen molar-refractivity contribution in [1.29, 1.82) is 0 Å². The standard InChI is InChI=1S/C27H33NO4/c1-15(12-23(30)31)19-8-10-20(11-9-19)21-14-32-26-17(3)16(2)25(18(4)24(21)26)28-22(29)13-27(5,6)7/h8-12,21H,13-14H2,1-7H3,(H,28,29)(H,30,31). The zero-order valence-corrected chi connectivity index (χ0v) is 20.1. The van der Waals surface area contributed by atoms with Crippen LogP contribution in [0.25, 0.3) is 5.57 Å². The van der Waals surface area contributed by atoms with E-state index in [1.165, 1.54) is 6.08 Å². The monoisotopic (exact) mass is 435 g/mol. The molecule has 0 bridgehead atoms. The molecule has 2 N–H and O–H groups in total. The zero-order valence-electron chi connectivity index (χ0n) is 20.1. The predicted octanol–water partition coefficient (Wildman–Crippen LogP) is 6.00. The summed E-state index contributed by atoms with van der Waals surface area (Å²) in [6, 6.07) is 7.96. The van der Waals surface area contributed by atoms with Gasteiger partial charge in [0.25, 0.3) is 0 Å². The summed E-state index contributed by atoms with van der Waals surface area (Å²) in [6.07, 6.45) is 1.67. The van der Waals surface area contributed by atoms with Gasteiger partial charge in [-0.05, 0) is 66.5 Å². The molecule has 0 spiro atoms. The molecule has 3 rings (SSSR count). The van der Waals surface area contributed by atoms with Crippen LogP contribution in [0.2, 0.25) is 0 Å². The zero-order chi connectivity index (χ0) is 23.8. The maximum absolute atomic E-state index is 12.7. The van der Waals surface area contributed by atoms with Gasteiger partial charge in [0.2, 0.25) is 5.91 Å². The molecule has 0 radical (unpaired) electrons. The van der Waals surface area contributed by atoms with Crippen LogP contribution in [0.4, 0.5) is 5.69 Å². The Bertz CT molecular complexity index is 1090. The van der Waals surface area contributed by atoms with Crippen molar-refractivity contribution < 1.29 is 19.4 Å². The van der Waals surface area contributed by atoms with E-state index >= 15 is 0 Å². The molecule has 1 aliphatic heterocycles. The van der Waals surface area contributed by atoms with Crippen LogP contribution in [0.1, 0.15) is 73.4 Å². The number of carboxylic acids is 1. The largest absolute Gasteiger partial charge is 0.492 e. The van der Waals surface area contributed by atoms with Crippen molar-refractivity contribution in [2.45, 2.75) is 60.8 Å². The Kier molecular flexibility index (Phi) is 6.49. The summed E-state index contributed by atoms with van der Waals surface area (Å²) in [6.45, 7) is 14.6. The summed E-state index contributed by atoms with van der Waals surface area (Å²) in [5, 5.41) is 12.2. The summed E-state index contributed by atoms with van der Waals surface area (Å²) >= 11 is 0. The number of aliphatic carboxylic acids is 1. The van der Waals surface area contributed by atoms with E-state index < -0.39 is 5.97 Å². The fourth-order valence-electron chi connectivity index (χ4n) is 4.36. The third kappa shape index (κ3) is 4.87. The van der Waals surface area contributed by atoms with E-state index in [-0.39, 0.29) is 17.2 Å². The number of benzene rings is 2. The molecule has 1 unspecified atom stereocenters. The number of ether oxygens (including phenoxy) is 1. The highest BCUT2D eigenvalue weighted by molar-refractivity contribution is 5.94. The van der Waals surface area contributed by atoms with Crippen LogP contribution < -0.4 is 10.1 Å². The number of allylic oxidation sites excluding steroid dienone is 1. The molecule has 1 aliphatic rings. The van der Waals surface area contributed by atoms with Crippen molar-refractivity contribution in [1.82, 2.24) is 0 Å². The first-order valence-corrected chi connectivity index (χ1v) is 11.0. The van der Waals surface area contributed by atoms with E-state index in [9.17, 15) is 9.59 Å². The Labute approximate surface area is 190 Å². The van der Waals surface area contributed by atoms with E-state index in [1.807, 2.05) is 45.0 Å². The first-order valence-electron chi connectivity index (χ1n) is 11.0. The molecule has 0 aromatic heterocycles. The summed E-state index contributed by atoms with van der Waals surface area (Å²) in [7, 11) is 0. The number of carboxylic acid groups (broad SMARTS) is 1. The molecule has 32 heavy (non-hydrogen) atoms. The summed E-state index contributed by atoms with van der Waals surface area (Å²) in [5.74, 6) is 0.0287. The van der Waals surface area contributed by atoms with Gasteiger partial charge in [-0.1, -0.05) is 45.0 Å². The Morgan fingerprint density at radius 2 is 1.72 bits per heavy atom. The summed E-state index contributed by atoms with van der Waals surface area (Å²) in [5.41, 5.74) is 7.73. The second kappa shape index (κ2) is 8.81.